The topological polar surface area (TPSA) is 149 Å². The number of nitrogens with one attached hydrogen (secondary N) is 1. The third-order valence-electron chi connectivity index (χ3n) is 4.24. The number of non-ortho nitro benzene ring substituents is 1. The van der Waals surface area contributed by atoms with Crippen molar-refractivity contribution in [3.8, 4) is 0 Å². The molecular weight excluding hydrogens is 402 g/mol. The van der Waals surface area contributed by atoms with E-state index in [1.54, 1.807) is 12.1 Å². The highest BCUT2D eigenvalue weighted by atomic mass is 35.5. The van der Waals surface area contributed by atoms with Gasteiger partial charge < -0.3 is 16.5 Å². The van der Waals surface area contributed by atoms with Crippen molar-refractivity contribution in [3.63, 3.8) is 0 Å². The Morgan fingerprint density at radius 3 is 2.89 bits per heavy atom. The highest BCUT2D eigenvalue weighted by molar-refractivity contribution is 8.00. The molecule has 5 N–H and O–H groups in total. The Hall–Kier alpha value is -3.11. The van der Waals surface area contributed by atoms with Gasteiger partial charge in [-0.15, -0.1) is 5.10 Å². The second-order valence-corrected chi connectivity index (χ2v) is 7.75. The minimum absolute atomic E-state index is 0.00521. The Kier molecular flexibility index (Phi) is 4.65. The van der Waals surface area contributed by atoms with E-state index in [-0.39, 0.29) is 16.9 Å². The van der Waals surface area contributed by atoms with Gasteiger partial charge in [0, 0.05) is 22.7 Å². The van der Waals surface area contributed by atoms with Crippen LogP contribution >= 0.6 is 23.4 Å². The third-order valence-corrected chi connectivity index (χ3v) is 5.56. The lowest BCUT2D eigenvalue weighted by Gasteiger charge is -2.07. The molecule has 142 valence electrons. The van der Waals surface area contributed by atoms with Crippen LogP contribution in [0.15, 0.2) is 51.8 Å². The van der Waals surface area contributed by atoms with Gasteiger partial charge in [0.25, 0.3) is 5.69 Å². The number of aromatic amines is 1. The van der Waals surface area contributed by atoms with E-state index in [0.29, 0.717) is 27.6 Å². The Balaban J connectivity index is 1.68. The van der Waals surface area contributed by atoms with Gasteiger partial charge in [0.2, 0.25) is 5.96 Å². The summed E-state index contributed by atoms with van der Waals surface area (Å²) in [7, 11) is 0. The van der Waals surface area contributed by atoms with Crippen molar-refractivity contribution in [2.45, 2.75) is 16.8 Å². The smallest absolute Gasteiger partial charge is 0.271 e. The number of hydrogen-bond acceptors (Lipinski definition) is 6. The predicted molar refractivity (Wildman–Crippen MR) is 110 cm³/mol. The highest BCUT2D eigenvalue weighted by Gasteiger charge is 2.31. The van der Waals surface area contributed by atoms with Gasteiger partial charge in [-0.05, 0) is 30.2 Å². The number of nitrogens with zero attached hydrogens (tertiary/aromatic N) is 4. The molecular formula is C17H14ClN7O2S. The Morgan fingerprint density at radius 1 is 1.32 bits per heavy atom. The molecule has 2 aromatic carbocycles. The van der Waals surface area contributed by atoms with E-state index < -0.39 is 4.92 Å². The summed E-state index contributed by atoms with van der Waals surface area (Å²) < 4.78 is 0. The van der Waals surface area contributed by atoms with Crippen molar-refractivity contribution in [2.24, 2.45) is 21.7 Å². The largest absolute Gasteiger partial charge is 0.369 e. The molecule has 0 spiro atoms. The summed E-state index contributed by atoms with van der Waals surface area (Å²) in [6, 6.07) is 10.1. The molecule has 1 aliphatic carbocycles. The number of aromatic nitrogens is 2. The molecule has 1 aromatic heterocycles. The summed E-state index contributed by atoms with van der Waals surface area (Å²) in [5, 5.41) is 20.2. The lowest BCUT2D eigenvalue weighted by Crippen LogP contribution is -2.22. The molecule has 0 aliphatic heterocycles. The number of imidazole rings is 1. The van der Waals surface area contributed by atoms with E-state index in [1.807, 2.05) is 12.1 Å². The van der Waals surface area contributed by atoms with Crippen LogP contribution < -0.4 is 11.5 Å². The van der Waals surface area contributed by atoms with Gasteiger partial charge in [-0.2, -0.15) is 5.10 Å². The minimum atomic E-state index is -0.440. The van der Waals surface area contributed by atoms with Crippen molar-refractivity contribution in [2.75, 3.05) is 0 Å². The zero-order valence-electron chi connectivity index (χ0n) is 14.3. The SMILES string of the molecule is NC(N)=N/N=C1\c2ccc(Cl)cc2CC1Sc1nc2ccc([N+](=O)[O-])cc2[nH]1. The number of nitro benzene ring substituents is 1. The summed E-state index contributed by atoms with van der Waals surface area (Å²) in [6.07, 6.45) is 0.677. The molecule has 0 saturated carbocycles. The molecule has 9 nitrogen and oxygen atoms in total. The van der Waals surface area contributed by atoms with Gasteiger partial charge >= 0.3 is 0 Å². The summed E-state index contributed by atoms with van der Waals surface area (Å²) in [5.41, 5.74) is 14.8. The van der Waals surface area contributed by atoms with Crippen LogP contribution in [0, 0.1) is 10.1 Å². The van der Waals surface area contributed by atoms with Crippen LogP contribution in [0.5, 0.6) is 0 Å². The van der Waals surface area contributed by atoms with Crippen LogP contribution in [0.25, 0.3) is 11.0 Å². The average Bonchev–Trinajstić information content (AvgIpc) is 3.18. The van der Waals surface area contributed by atoms with Crippen LogP contribution in [-0.2, 0) is 6.42 Å². The van der Waals surface area contributed by atoms with Crippen LogP contribution in [0.3, 0.4) is 0 Å². The number of rotatable bonds is 4. The molecule has 11 heteroatoms. The number of nitro groups is 1. The Bertz CT molecular complexity index is 1150. The maximum atomic E-state index is 11.0. The zero-order valence-corrected chi connectivity index (χ0v) is 15.9. The summed E-state index contributed by atoms with van der Waals surface area (Å²) in [5.74, 6) is -0.130. The first kappa shape index (κ1) is 18.3. The first-order valence-corrected chi connectivity index (χ1v) is 9.42. The van der Waals surface area contributed by atoms with E-state index >= 15 is 0 Å². The molecule has 1 unspecified atom stereocenters. The van der Waals surface area contributed by atoms with Gasteiger partial charge in [0.15, 0.2) is 5.16 Å². The van der Waals surface area contributed by atoms with Crippen molar-refractivity contribution < 1.29 is 4.92 Å². The van der Waals surface area contributed by atoms with Crippen LogP contribution in [-0.4, -0.2) is 31.8 Å². The summed E-state index contributed by atoms with van der Waals surface area (Å²) >= 11 is 7.56. The fourth-order valence-corrected chi connectivity index (χ4v) is 4.39. The van der Waals surface area contributed by atoms with E-state index in [9.17, 15) is 10.1 Å². The van der Waals surface area contributed by atoms with E-state index in [2.05, 4.69) is 20.2 Å². The quantitative estimate of drug-likeness (QED) is 0.258. The van der Waals surface area contributed by atoms with E-state index in [0.717, 1.165) is 16.8 Å². The monoisotopic (exact) mass is 415 g/mol. The Labute approximate surface area is 168 Å². The maximum absolute atomic E-state index is 11.0. The molecule has 4 rings (SSSR count). The van der Waals surface area contributed by atoms with Gasteiger partial charge in [0.1, 0.15) is 0 Å². The maximum Gasteiger partial charge on any atom is 0.271 e. The molecule has 1 heterocycles. The zero-order chi connectivity index (χ0) is 19.8. The van der Waals surface area contributed by atoms with Crippen LogP contribution in [0.1, 0.15) is 11.1 Å². The summed E-state index contributed by atoms with van der Waals surface area (Å²) in [6.45, 7) is 0. The number of benzene rings is 2. The fourth-order valence-electron chi connectivity index (χ4n) is 3.06. The highest BCUT2D eigenvalue weighted by Crippen LogP contribution is 2.36. The van der Waals surface area contributed by atoms with Crippen molar-refractivity contribution in [1.82, 2.24) is 9.97 Å². The normalized spacial score (nSPS) is 17.0. The first-order valence-electron chi connectivity index (χ1n) is 8.17. The van der Waals surface area contributed by atoms with Gasteiger partial charge in [0.05, 0.1) is 26.9 Å². The number of halogens is 1. The number of H-pyrrole nitrogens is 1. The Morgan fingerprint density at radius 2 is 2.14 bits per heavy atom. The molecule has 0 bridgehead atoms. The van der Waals surface area contributed by atoms with Gasteiger partial charge in [-0.25, -0.2) is 4.98 Å². The lowest BCUT2D eigenvalue weighted by molar-refractivity contribution is -0.384. The molecule has 1 atom stereocenters. The number of guanidine groups is 1. The predicted octanol–water partition coefficient (Wildman–Crippen LogP) is 2.82. The van der Waals surface area contributed by atoms with Crippen LogP contribution in [0.4, 0.5) is 5.69 Å². The molecule has 0 saturated heterocycles. The van der Waals surface area contributed by atoms with Gasteiger partial charge in [-0.3, -0.25) is 10.1 Å². The molecule has 0 radical (unpaired) electrons. The van der Waals surface area contributed by atoms with E-state index in [4.69, 9.17) is 23.1 Å². The molecule has 0 amide bonds. The number of hydrogen-bond donors (Lipinski definition) is 3. The van der Waals surface area contributed by atoms with E-state index in [1.165, 1.54) is 23.9 Å². The number of nitrogens with two attached hydrogens (primary N) is 2. The lowest BCUT2D eigenvalue weighted by atomic mass is 10.1. The minimum Gasteiger partial charge on any atom is -0.369 e. The molecule has 0 fully saturated rings. The first-order chi connectivity index (χ1) is 13.4. The molecule has 28 heavy (non-hydrogen) atoms. The van der Waals surface area contributed by atoms with Crippen LogP contribution in [0.2, 0.25) is 5.02 Å². The number of fused-ring (bicyclic) bond motifs is 2. The third kappa shape index (κ3) is 3.51. The second kappa shape index (κ2) is 7.13. The fraction of sp³-hybridized carbons (Fsp3) is 0.118. The van der Waals surface area contributed by atoms with Crippen molar-refractivity contribution in [1.29, 1.82) is 0 Å². The average molecular weight is 416 g/mol. The van der Waals surface area contributed by atoms with Crippen molar-refractivity contribution >= 4 is 51.8 Å². The number of thioether (sulfide) groups is 1. The molecule has 1 aliphatic rings. The summed E-state index contributed by atoms with van der Waals surface area (Å²) in [4.78, 5) is 18.1. The van der Waals surface area contributed by atoms with Crippen molar-refractivity contribution in [3.05, 3.63) is 62.7 Å². The van der Waals surface area contributed by atoms with Gasteiger partial charge in [-0.1, -0.05) is 29.4 Å². The molecule has 3 aromatic rings. The second-order valence-electron chi connectivity index (χ2n) is 6.12. The standard InChI is InChI=1S/C17H14ClN7O2S/c18-9-1-3-11-8(5-9)6-14(15(11)23-24-16(19)20)28-17-21-12-4-2-10(25(26)27)7-13(12)22-17/h1-5,7,14H,6H2,(H,21,22)(H4,19,20,24)/b23-15+.